The Morgan fingerprint density at radius 1 is 1.29 bits per heavy atom. The normalized spacial score (nSPS) is 17.7. The van der Waals surface area contributed by atoms with Crippen LogP contribution in [-0.4, -0.2) is 20.3 Å². The minimum atomic E-state index is -4.12. The van der Waals surface area contributed by atoms with E-state index >= 15 is 0 Å². The zero-order chi connectivity index (χ0) is 11.6. The third-order valence-corrected chi connectivity index (χ3v) is 11.9. The molecule has 14 heavy (non-hydrogen) atoms. The fourth-order valence-corrected chi connectivity index (χ4v) is 13.8. The summed E-state index contributed by atoms with van der Waals surface area (Å²) in [5.41, 5.74) is 0. The zero-order valence-electron chi connectivity index (χ0n) is 8.82. The van der Waals surface area contributed by atoms with E-state index in [1.54, 1.807) is 29.0 Å². The summed E-state index contributed by atoms with van der Waals surface area (Å²) < 4.78 is 39.4. The molecule has 0 aromatic heterocycles. The average Bonchev–Trinajstić information content (AvgIpc) is 1.79. The second kappa shape index (κ2) is 4.87. The molecular weight excluding hydrogens is 341 g/mol. The summed E-state index contributed by atoms with van der Waals surface area (Å²) in [6.45, 7) is 7.32. The fraction of sp³-hybridized carbons (Fsp3) is 1.00. The molecule has 0 bridgehead atoms. The first-order chi connectivity index (χ1) is 6.02. The van der Waals surface area contributed by atoms with Crippen LogP contribution in [0.15, 0.2) is 4.41 Å². The number of hydrogen-bond donors (Lipinski definition) is 0. The molecule has 0 aromatic rings. The largest absolute Gasteiger partial charge is 0.428 e. The first kappa shape index (κ1) is 15.0. The van der Waals surface area contributed by atoms with Gasteiger partial charge in [-0.3, -0.25) is 0 Å². The van der Waals surface area contributed by atoms with E-state index in [2.05, 4.69) is 4.41 Å². The van der Waals surface area contributed by atoms with E-state index in [0.717, 1.165) is 0 Å². The molecule has 0 fully saturated rings. The highest BCUT2D eigenvalue weighted by Crippen LogP contribution is 2.71. The van der Waals surface area contributed by atoms with Crippen molar-refractivity contribution in [2.45, 2.75) is 38.9 Å². The Hall–Kier alpha value is 0.967. The summed E-state index contributed by atoms with van der Waals surface area (Å²) in [4.78, 5) is 0. The zero-order valence-corrected chi connectivity index (χ0v) is 12.9. The maximum Gasteiger partial charge on any atom is 0.428 e. The van der Waals surface area contributed by atoms with E-state index in [1.807, 2.05) is 19.6 Å². The van der Waals surface area contributed by atoms with Crippen molar-refractivity contribution in [1.29, 1.82) is 0 Å². The Morgan fingerprint density at radius 3 is 1.93 bits per heavy atom. The van der Waals surface area contributed by atoms with Crippen molar-refractivity contribution >= 4 is 35.0 Å². The third-order valence-electron chi connectivity index (χ3n) is 1.37. The molecule has 0 aromatic carbocycles. The molecule has 0 aliphatic carbocycles. The molecular formula is C7H16F3INPSi. The van der Waals surface area contributed by atoms with Crippen LogP contribution in [0, 0.1) is 0 Å². The van der Waals surface area contributed by atoms with Crippen molar-refractivity contribution in [2.75, 3.05) is 6.16 Å². The van der Waals surface area contributed by atoms with Crippen LogP contribution in [0.1, 0.15) is 13.3 Å². The average molecular weight is 357 g/mol. The van der Waals surface area contributed by atoms with Crippen molar-refractivity contribution in [3.8, 4) is 0 Å². The van der Waals surface area contributed by atoms with Crippen LogP contribution in [0.4, 0.5) is 13.2 Å². The Morgan fingerprint density at radius 2 is 1.71 bits per heavy atom. The number of alkyl halides is 3. The third kappa shape index (κ3) is 4.66. The standard InChI is InChI=1S/C7H16F3INPSi/c1-5-6-13(11,7(8,9)10)12-14(2,3)4/h5-6H2,1-4H3. The summed E-state index contributed by atoms with van der Waals surface area (Å²) in [6.07, 6.45) is 0.728. The molecule has 0 spiro atoms. The van der Waals surface area contributed by atoms with Gasteiger partial charge < -0.3 is 4.41 Å². The Bertz CT molecular complexity index is 246. The predicted octanol–water partition coefficient (Wildman–Crippen LogP) is 5.30. The van der Waals surface area contributed by atoms with Crippen molar-refractivity contribution in [2.24, 2.45) is 4.41 Å². The van der Waals surface area contributed by atoms with E-state index in [9.17, 15) is 13.2 Å². The SMILES string of the molecule is CCCP(I)(=N[Si](C)(C)C)C(F)(F)F. The quantitative estimate of drug-likeness (QED) is 0.369. The van der Waals surface area contributed by atoms with E-state index in [1.165, 1.54) is 0 Å². The highest BCUT2D eigenvalue weighted by Gasteiger charge is 2.45. The number of hydrogen-bond acceptors (Lipinski definition) is 1. The first-order valence-corrected chi connectivity index (χ1v) is 12.6. The molecule has 0 amide bonds. The van der Waals surface area contributed by atoms with Gasteiger partial charge in [-0.05, 0) is 34.6 Å². The lowest BCUT2D eigenvalue weighted by molar-refractivity contribution is -0.0393. The van der Waals surface area contributed by atoms with Crippen LogP contribution in [-0.2, 0) is 0 Å². The summed E-state index contributed by atoms with van der Waals surface area (Å²) in [5, 5.41) is 0. The minimum Gasteiger partial charge on any atom is -0.321 e. The van der Waals surface area contributed by atoms with E-state index < -0.39 is 18.8 Å². The molecule has 0 aliphatic rings. The fourth-order valence-electron chi connectivity index (χ4n) is 1.01. The van der Waals surface area contributed by atoms with Crippen LogP contribution in [0.2, 0.25) is 19.6 Å². The minimum absolute atomic E-state index is 0.182. The lowest BCUT2D eigenvalue weighted by Crippen LogP contribution is -2.19. The maximum absolute atomic E-state index is 12.8. The van der Waals surface area contributed by atoms with Crippen molar-refractivity contribution in [3.63, 3.8) is 0 Å². The Balaban J connectivity index is 5.22. The van der Waals surface area contributed by atoms with Gasteiger partial charge in [-0.25, -0.2) is 0 Å². The van der Waals surface area contributed by atoms with Crippen LogP contribution < -0.4 is 0 Å². The monoisotopic (exact) mass is 357 g/mol. The van der Waals surface area contributed by atoms with Gasteiger partial charge in [-0.2, -0.15) is 13.2 Å². The van der Waals surface area contributed by atoms with Gasteiger partial charge in [-0.15, -0.1) is 0 Å². The molecule has 1 nitrogen and oxygen atoms in total. The van der Waals surface area contributed by atoms with E-state index in [4.69, 9.17) is 0 Å². The Kier molecular flexibility index (Phi) is 5.20. The molecule has 0 N–H and O–H groups in total. The predicted molar refractivity (Wildman–Crippen MR) is 67.9 cm³/mol. The maximum atomic E-state index is 12.8. The molecule has 0 saturated carbocycles. The molecule has 1 atom stereocenters. The molecule has 0 radical (unpaired) electrons. The van der Waals surface area contributed by atoms with Crippen molar-refractivity contribution < 1.29 is 13.2 Å². The summed E-state index contributed by atoms with van der Waals surface area (Å²) >= 11 is 1.56. The van der Waals surface area contributed by atoms with Gasteiger partial charge in [0.1, 0.15) is 4.70 Å². The molecule has 7 heteroatoms. The number of nitrogens with zero attached hydrogens (tertiary/aromatic N) is 1. The smallest absolute Gasteiger partial charge is 0.321 e. The van der Waals surface area contributed by atoms with Crippen LogP contribution in [0.3, 0.4) is 0 Å². The van der Waals surface area contributed by atoms with Gasteiger partial charge in [0.2, 0.25) is 0 Å². The first-order valence-electron chi connectivity index (χ1n) is 4.41. The van der Waals surface area contributed by atoms with Crippen LogP contribution >= 0.6 is 26.7 Å². The molecule has 86 valence electrons. The highest BCUT2D eigenvalue weighted by atomic mass is 127. The molecule has 0 aliphatic heterocycles. The van der Waals surface area contributed by atoms with Gasteiger partial charge in [0.25, 0.3) is 0 Å². The summed E-state index contributed by atoms with van der Waals surface area (Å²) in [7, 11) is -1.99. The van der Waals surface area contributed by atoms with Crippen molar-refractivity contribution in [1.82, 2.24) is 0 Å². The summed E-state index contributed by atoms with van der Waals surface area (Å²) in [6, 6.07) is 0. The van der Waals surface area contributed by atoms with Gasteiger partial charge in [-0.1, -0.05) is 26.6 Å². The number of rotatable bonds is 3. The number of halogens is 4. The van der Waals surface area contributed by atoms with E-state index in [0.29, 0.717) is 6.42 Å². The lowest BCUT2D eigenvalue weighted by atomic mass is 10.6. The molecule has 0 saturated heterocycles. The van der Waals surface area contributed by atoms with E-state index in [-0.39, 0.29) is 6.16 Å². The topological polar surface area (TPSA) is 12.4 Å². The molecule has 0 heterocycles. The second-order valence-corrected chi connectivity index (χ2v) is 16.4. The highest BCUT2D eigenvalue weighted by molar-refractivity contribution is 14.2. The van der Waals surface area contributed by atoms with Crippen LogP contribution in [0.25, 0.3) is 0 Å². The van der Waals surface area contributed by atoms with Gasteiger partial charge in [0.15, 0.2) is 8.24 Å². The lowest BCUT2D eigenvalue weighted by Gasteiger charge is -2.25. The van der Waals surface area contributed by atoms with Gasteiger partial charge in [0.05, 0.1) is 0 Å². The van der Waals surface area contributed by atoms with Crippen LogP contribution in [0.5, 0.6) is 0 Å². The van der Waals surface area contributed by atoms with Crippen molar-refractivity contribution in [3.05, 3.63) is 0 Å². The summed E-state index contributed by atoms with van der Waals surface area (Å²) in [5.74, 6) is -4.12. The molecule has 0 rings (SSSR count). The van der Waals surface area contributed by atoms with Gasteiger partial charge in [0, 0.05) is 0 Å². The van der Waals surface area contributed by atoms with Gasteiger partial charge >= 0.3 is 5.92 Å². The second-order valence-electron chi connectivity index (χ2n) is 4.14. The molecule has 1 unspecified atom stereocenters. The Labute approximate surface area is 97.5 Å².